The highest BCUT2D eigenvalue weighted by molar-refractivity contribution is 6.01. The van der Waals surface area contributed by atoms with Gasteiger partial charge < -0.3 is 15.2 Å². The first-order valence-corrected chi connectivity index (χ1v) is 8.93. The topological polar surface area (TPSA) is 63.1 Å². The van der Waals surface area contributed by atoms with Crippen LogP contribution in [0.4, 0.5) is 0 Å². The molecule has 1 aliphatic heterocycles. The molecule has 2 N–H and O–H groups in total. The molecule has 0 spiro atoms. The van der Waals surface area contributed by atoms with Crippen LogP contribution in [0.25, 0.3) is 10.9 Å². The number of benzene rings is 2. The molecule has 2 amide bonds. The molecule has 0 unspecified atom stereocenters. The number of carbonyl (C=O) groups is 2. The van der Waals surface area contributed by atoms with Crippen LogP contribution in [-0.2, 0) is 11.3 Å². The number of hydrogen-bond acceptors (Lipinski definition) is 2. The van der Waals surface area contributed by atoms with Crippen molar-refractivity contribution in [2.45, 2.75) is 25.4 Å². The number of nitrogens with zero attached hydrogens (tertiary/aromatic N) is 1. The molecule has 0 aliphatic carbocycles. The Hall–Kier alpha value is -3.08. The van der Waals surface area contributed by atoms with Crippen molar-refractivity contribution in [2.75, 3.05) is 6.54 Å². The third kappa shape index (κ3) is 3.20. The molecule has 1 aromatic heterocycles. The second kappa shape index (κ2) is 7.04. The van der Waals surface area contributed by atoms with E-state index in [1.807, 2.05) is 65.2 Å². The molecule has 0 bridgehead atoms. The molecule has 2 aromatic carbocycles. The van der Waals surface area contributed by atoms with Crippen LogP contribution in [-0.4, -0.2) is 29.0 Å². The average molecular weight is 347 g/mol. The van der Waals surface area contributed by atoms with Gasteiger partial charge >= 0.3 is 0 Å². The summed E-state index contributed by atoms with van der Waals surface area (Å²) in [5.41, 5.74) is 2.71. The van der Waals surface area contributed by atoms with Crippen LogP contribution in [0.5, 0.6) is 0 Å². The van der Waals surface area contributed by atoms with Gasteiger partial charge in [0.2, 0.25) is 5.91 Å². The van der Waals surface area contributed by atoms with E-state index in [0.717, 1.165) is 22.9 Å². The number of piperidine rings is 1. The zero-order chi connectivity index (χ0) is 17.9. The number of nitrogens with one attached hydrogen (secondary N) is 2. The second-order valence-corrected chi connectivity index (χ2v) is 6.62. The van der Waals surface area contributed by atoms with E-state index < -0.39 is 6.04 Å². The number of aromatic nitrogens is 1. The molecule has 3 aromatic rings. The molecule has 0 radical (unpaired) electrons. The fraction of sp³-hybridized carbons (Fsp3) is 0.238. The Balaban J connectivity index is 1.68. The van der Waals surface area contributed by atoms with Crippen molar-refractivity contribution < 1.29 is 9.59 Å². The lowest BCUT2D eigenvalue weighted by Crippen LogP contribution is -2.50. The van der Waals surface area contributed by atoms with Crippen molar-refractivity contribution in [3.05, 3.63) is 71.9 Å². The lowest BCUT2D eigenvalue weighted by molar-refractivity contribution is -0.124. The lowest BCUT2D eigenvalue weighted by atomic mass is 10.1. The minimum Gasteiger partial charge on any atom is -0.354 e. The van der Waals surface area contributed by atoms with Crippen molar-refractivity contribution >= 4 is 22.7 Å². The summed E-state index contributed by atoms with van der Waals surface area (Å²) in [5.74, 6) is -0.311. The van der Waals surface area contributed by atoms with E-state index in [9.17, 15) is 9.59 Å². The van der Waals surface area contributed by atoms with Gasteiger partial charge in [-0.25, -0.2) is 0 Å². The van der Waals surface area contributed by atoms with Gasteiger partial charge in [0.25, 0.3) is 5.91 Å². The fourth-order valence-corrected chi connectivity index (χ4v) is 3.48. The van der Waals surface area contributed by atoms with Crippen LogP contribution in [0.3, 0.4) is 0 Å². The monoisotopic (exact) mass is 347 g/mol. The highest BCUT2D eigenvalue weighted by Gasteiger charge is 2.25. The number of hydrogen-bond donors (Lipinski definition) is 2. The second-order valence-electron chi connectivity index (χ2n) is 6.62. The van der Waals surface area contributed by atoms with Gasteiger partial charge in [0.1, 0.15) is 11.7 Å². The predicted octanol–water partition coefficient (Wildman–Crippen LogP) is 2.70. The molecule has 1 aliphatic rings. The van der Waals surface area contributed by atoms with Gasteiger partial charge in [-0.1, -0.05) is 48.5 Å². The quantitative estimate of drug-likeness (QED) is 0.762. The van der Waals surface area contributed by atoms with E-state index >= 15 is 0 Å². The normalized spacial score (nSPS) is 17.1. The average Bonchev–Trinajstić information content (AvgIpc) is 3.03. The van der Waals surface area contributed by atoms with Crippen molar-refractivity contribution in [1.29, 1.82) is 0 Å². The maximum Gasteiger partial charge on any atom is 0.268 e. The first-order chi connectivity index (χ1) is 12.7. The Morgan fingerprint density at radius 3 is 2.69 bits per heavy atom. The van der Waals surface area contributed by atoms with Gasteiger partial charge in [-0.15, -0.1) is 0 Å². The predicted molar refractivity (Wildman–Crippen MR) is 101 cm³/mol. The summed E-state index contributed by atoms with van der Waals surface area (Å²) in [6, 6.07) is 19.4. The maximum atomic E-state index is 12.9. The molecular formula is C21H21N3O2. The Morgan fingerprint density at radius 2 is 1.88 bits per heavy atom. The molecular weight excluding hydrogens is 326 g/mol. The van der Waals surface area contributed by atoms with E-state index in [4.69, 9.17) is 0 Å². The maximum absolute atomic E-state index is 12.9. The van der Waals surface area contributed by atoms with E-state index in [-0.39, 0.29) is 11.8 Å². The molecule has 5 nitrogen and oxygen atoms in total. The smallest absolute Gasteiger partial charge is 0.268 e. The Morgan fingerprint density at radius 1 is 1.12 bits per heavy atom. The van der Waals surface area contributed by atoms with Gasteiger partial charge in [-0.2, -0.15) is 0 Å². The number of rotatable bonds is 4. The van der Waals surface area contributed by atoms with E-state index in [1.54, 1.807) is 0 Å². The third-order valence-electron chi connectivity index (χ3n) is 4.82. The standard InChI is InChI=1S/C21H21N3O2/c25-20-17(10-6-12-22-20)23-21(26)19-13-16-9-4-5-11-18(16)24(19)14-15-7-2-1-3-8-15/h1-5,7-9,11,13,17H,6,10,12,14H2,(H,22,25)(H,23,26)/t17-/m1/s1. The van der Waals surface area contributed by atoms with Crippen LogP contribution >= 0.6 is 0 Å². The Kier molecular flexibility index (Phi) is 4.44. The minimum atomic E-state index is -0.459. The first kappa shape index (κ1) is 16.4. The summed E-state index contributed by atoms with van der Waals surface area (Å²) in [7, 11) is 0. The summed E-state index contributed by atoms with van der Waals surface area (Å²) in [6.07, 6.45) is 1.56. The summed E-state index contributed by atoms with van der Waals surface area (Å²) >= 11 is 0. The summed E-state index contributed by atoms with van der Waals surface area (Å²) < 4.78 is 2.01. The molecule has 26 heavy (non-hydrogen) atoms. The largest absolute Gasteiger partial charge is 0.354 e. The van der Waals surface area contributed by atoms with E-state index in [2.05, 4.69) is 10.6 Å². The van der Waals surface area contributed by atoms with E-state index in [1.165, 1.54) is 0 Å². The van der Waals surface area contributed by atoms with Gasteiger partial charge in [-0.3, -0.25) is 9.59 Å². The molecule has 0 saturated carbocycles. The summed E-state index contributed by atoms with van der Waals surface area (Å²) in [4.78, 5) is 24.9. The number of para-hydroxylation sites is 1. The first-order valence-electron chi connectivity index (χ1n) is 8.93. The lowest BCUT2D eigenvalue weighted by Gasteiger charge is -2.23. The van der Waals surface area contributed by atoms with Gasteiger partial charge in [0.05, 0.1) is 0 Å². The summed E-state index contributed by atoms with van der Waals surface area (Å²) in [6.45, 7) is 1.29. The molecule has 1 fully saturated rings. The minimum absolute atomic E-state index is 0.102. The number of amides is 2. The fourth-order valence-electron chi connectivity index (χ4n) is 3.48. The van der Waals surface area contributed by atoms with Crippen LogP contribution in [0, 0.1) is 0 Å². The Labute approximate surface area is 152 Å². The molecule has 132 valence electrons. The van der Waals surface area contributed by atoms with Crippen LogP contribution < -0.4 is 10.6 Å². The SMILES string of the molecule is O=C(N[C@@H]1CCCNC1=O)c1cc2ccccc2n1Cc1ccccc1. The van der Waals surface area contributed by atoms with E-state index in [0.29, 0.717) is 25.2 Å². The van der Waals surface area contributed by atoms with Crippen LogP contribution in [0.2, 0.25) is 0 Å². The highest BCUT2D eigenvalue weighted by Crippen LogP contribution is 2.22. The Bertz CT molecular complexity index is 946. The molecule has 2 heterocycles. The van der Waals surface area contributed by atoms with Gasteiger partial charge in [0, 0.05) is 24.0 Å². The number of fused-ring (bicyclic) bond motifs is 1. The molecule has 1 atom stereocenters. The van der Waals surface area contributed by atoms with Crippen LogP contribution in [0.15, 0.2) is 60.7 Å². The zero-order valence-electron chi connectivity index (χ0n) is 14.4. The van der Waals surface area contributed by atoms with Crippen molar-refractivity contribution in [3.63, 3.8) is 0 Å². The zero-order valence-corrected chi connectivity index (χ0v) is 14.4. The molecule has 4 rings (SSSR count). The number of carbonyl (C=O) groups excluding carboxylic acids is 2. The van der Waals surface area contributed by atoms with Gasteiger partial charge in [0.15, 0.2) is 0 Å². The van der Waals surface area contributed by atoms with Crippen molar-refractivity contribution in [2.24, 2.45) is 0 Å². The molecule has 5 heteroatoms. The van der Waals surface area contributed by atoms with Crippen molar-refractivity contribution in [3.8, 4) is 0 Å². The molecule has 1 saturated heterocycles. The van der Waals surface area contributed by atoms with Crippen molar-refractivity contribution in [1.82, 2.24) is 15.2 Å². The summed E-state index contributed by atoms with van der Waals surface area (Å²) in [5, 5.41) is 6.73. The third-order valence-corrected chi connectivity index (χ3v) is 4.82. The van der Waals surface area contributed by atoms with Gasteiger partial charge in [-0.05, 0) is 30.5 Å². The highest BCUT2D eigenvalue weighted by atomic mass is 16.2. The van der Waals surface area contributed by atoms with Crippen LogP contribution in [0.1, 0.15) is 28.9 Å².